The number of esters is 4. The summed E-state index contributed by atoms with van der Waals surface area (Å²) in [7, 11) is -9.93. The molecule has 19 heteroatoms. The second kappa shape index (κ2) is 79.3. The van der Waals surface area contributed by atoms with Crippen LogP contribution >= 0.6 is 15.6 Å². The zero-order valence-corrected chi connectivity index (χ0v) is 72.2. The molecule has 0 rings (SSSR count). The van der Waals surface area contributed by atoms with Crippen LogP contribution in [-0.2, 0) is 65.4 Å². The van der Waals surface area contributed by atoms with Crippen LogP contribution in [-0.4, -0.2) is 96.7 Å². The van der Waals surface area contributed by atoms with Crippen LogP contribution in [0.1, 0.15) is 472 Å². The molecule has 3 N–H and O–H groups in total. The molecule has 0 spiro atoms. The number of rotatable bonds is 87. The van der Waals surface area contributed by atoms with Crippen LogP contribution < -0.4 is 0 Å². The number of carbonyl (C=O) groups excluding carboxylic acids is 4. The van der Waals surface area contributed by atoms with Crippen molar-refractivity contribution in [2.45, 2.75) is 490 Å². The number of unbranched alkanes of at least 4 members (excludes halogenated alkanes) is 57. The van der Waals surface area contributed by atoms with Gasteiger partial charge in [0.2, 0.25) is 0 Å². The van der Waals surface area contributed by atoms with E-state index in [4.69, 9.17) is 37.0 Å². The van der Waals surface area contributed by atoms with E-state index in [-0.39, 0.29) is 25.7 Å². The maximum absolute atomic E-state index is 13.2. The minimum atomic E-state index is -4.97. The first kappa shape index (κ1) is 105. The molecule has 0 aliphatic heterocycles. The van der Waals surface area contributed by atoms with Gasteiger partial charge in [-0.25, -0.2) is 9.13 Å². The van der Waals surface area contributed by atoms with Gasteiger partial charge in [0.25, 0.3) is 0 Å². The molecule has 5 atom stereocenters. The smallest absolute Gasteiger partial charge is 0.462 e. The van der Waals surface area contributed by atoms with Crippen LogP contribution in [0.5, 0.6) is 0 Å². The lowest BCUT2D eigenvalue weighted by Gasteiger charge is -2.21. The minimum absolute atomic E-state index is 0.106. The molecule has 0 saturated heterocycles. The quantitative estimate of drug-likeness (QED) is 0.0222. The molecule has 636 valence electrons. The Hall–Kier alpha value is -1.94. The molecule has 0 bridgehead atoms. The third kappa shape index (κ3) is 81.9. The molecule has 0 heterocycles. The Labute approximate surface area is 658 Å². The summed E-state index contributed by atoms with van der Waals surface area (Å²) in [5.74, 6) is -0.611. The number of hydrogen-bond donors (Lipinski definition) is 3. The van der Waals surface area contributed by atoms with Crippen LogP contribution in [0, 0.1) is 11.8 Å². The number of phosphoric acid groups is 2. The highest BCUT2D eigenvalue weighted by atomic mass is 31.2. The van der Waals surface area contributed by atoms with Crippen molar-refractivity contribution in [3.05, 3.63) is 0 Å². The van der Waals surface area contributed by atoms with Crippen LogP contribution in [0.4, 0.5) is 0 Å². The van der Waals surface area contributed by atoms with Gasteiger partial charge in [0, 0.05) is 25.7 Å². The summed E-state index contributed by atoms with van der Waals surface area (Å²) in [6.45, 7) is 9.64. The fourth-order valence-electron chi connectivity index (χ4n) is 13.8. The summed E-state index contributed by atoms with van der Waals surface area (Å²) in [5, 5.41) is 10.7. The lowest BCUT2D eigenvalue weighted by molar-refractivity contribution is -0.161. The Morgan fingerprint density at radius 1 is 0.252 bits per heavy atom. The number of aliphatic hydroxyl groups is 1. The van der Waals surface area contributed by atoms with Gasteiger partial charge in [0.05, 0.1) is 26.4 Å². The number of aliphatic hydroxyl groups excluding tert-OH is 1. The average Bonchev–Trinajstić information content (AvgIpc) is 0.904. The lowest BCUT2D eigenvalue weighted by atomic mass is 10.0. The van der Waals surface area contributed by atoms with Crippen LogP contribution in [0.3, 0.4) is 0 Å². The molecule has 0 aromatic rings. The summed E-state index contributed by atoms with van der Waals surface area (Å²) < 4.78 is 68.9. The van der Waals surface area contributed by atoms with Crippen molar-refractivity contribution < 1.29 is 80.2 Å². The highest BCUT2D eigenvalue weighted by molar-refractivity contribution is 7.47. The van der Waals surface area contributed by atoms with Crippen molar-refractivity contribution in [2.75, 3.05) is 39.6 Å². The number of hydrogen-bond acceptors (Lipinski definition) is 15. The first-order valence-corrected chi connectivity index (χ1v) is 48.5. The van der Waals surface area contributed by atoms with E-state index < -0.39 is 97.5 Å². The van der Waals surface area contributed by atoms with Gasteiger partial charge in [-0.1, -0.05) is 420 Å². The van der Waals surface area contributed by atoms with Gasteiger partial charge in [0.1, 0.15) is 19.3 Å². The van der Waals surface area contributed by atoms with E-state index in [9.17, 15) is 43.2 Å². The SMILES string of the molecule is CCCCCCCCCCCCCCCCCCCCCCCCC(=O)O[C@H](COC(=O)CCCCCCCCCCCCCCCCCCCCCC)COP(=O)(O)OC[C@@H](O)COP(=O)(O)OC[C@@H](COC(=O)CCCCCCCCCCC(C)C)OC(=O)CCCCCCCCCCCCCC(C)C. The Balaban J connectivity index is 5.22. The zero-order valence-electron chi connectivity index (χ0n) is 70.5. The molecular formula is C88H172O17P2. The Kier molecular flexibility index (Phi) is 77.9. The number of carbonyl (C=O) groups is 4. The van der Waals surface area contributed by atoms with Crippen molar-refractivity contribution in [1.29, 1.82) is 0 Å². The predicted molar refractivity (Wildman–Crippen MR) is 442 cm³/mol. The maximum atomic E-state index is 13.2. The lowest BCUT2D eigenvalue weighted by Crippen LogP contribution is -2.30. The van der Waals surface area contributed by atoms with Crippen LogP contribution in [0.25, 0.3) is 0 Å². The van der Waals surface area contributed by atoms with Crippen molar-refractivity contribution in [2.24, 2.45) is 11.8 Å². The summed E-state index contributed by atoms with van der Waals surface area (Å²) in [6, 6.07) is 0. The minimum Gasteiger partial charge on any atom is -0.462 e. The molecule has 17 nitrogen and oxygen atoms in total. The van der Waals surface area contributed by atoms with E-state index in [1.54, 1.807) is 0 Å². The molecule has 0 fully saturated rings. The van der Waals surface area contributed by atoms with Gasteiger partial charge >= 0.3 is 39.5 Å². The predicted octanol–water partition coefficient (Wildman–Crippen LogP) is 27.0. The summed E-state index contributed by atoms with van der Waals surface area (Å²) in [4.78, 5) is 73.3. The molecule has 0 radical (unpaired) electrons. The highest BCUT2D eigenvalue weighted by Gasteiger charge is 2.30. The maximum Gasteiger partial charge on any atom is 0.472 e. The largest absolute Gasteiger partial charge is 0.472 e. The summed E-state index contributed by atoms with van der Waals surface area (Å²) >= 11 is 0. The standard InChI is InChI=1S/C88H172O17P2/c1-7-9-11-13-15-17-19-21-23-25-27-29-30-32-34-36-38-42-46-54-60-66-72-87(92)104-83(76-98-85(90)70-64-58-52-45-41-37-35-33-31-28-26-24-22-20-18-16-14-12-10-8-2)78-102-106(94,95)100-74-82(89)75-101-107(96,97)103-79-84(77-99-86(91)71-65-59-53-49-48-51-57-63-69-81(5)6)105-88(93)73-67-61-55-47-43-39-40-44-50-56-62-68-80(3)4/h80-84,89H,7-79H2,1-6H3,(H,94,95)(H,96,97)/t82-,83-,84-/m1/s1. The van der Waals surface area contributed by atoms with Crippen molar-refractivity contribution in [3.8, 4) is 0 Å². The van der Waals surface area contributed by atoms with Crippen molar-refractivity contribution in [1.82, 2.24) is 0 Å². The van der Waals surface area contributed by atoms with Gasteiger partial charge < -0.3 is 33.8 Å². The van der Waals surface area contributed by atoms with Crippen molar-refractivity contribution >= 4 is 39.5 Å². The molecule has 0 aromatic carbocycles. The van der Waals surface area contributed by atoms with Gasteiger partial charge in [-0.3, -0.25) is 37.3 Å². The first-order chi connectivity index (χ1) is 51.9. The third-order valence-corrected chi connectivity index (χ3v) is 22.6. The molecule has 107 heavy (non-hydrogen) atoms. The second-order valence-electron chi connectivity index (χ2n) is 32.6. The number of ether oxygens (including phenoxy) is 4. The molecule has 0 amide bonds. The summed E-state index contributed by atoms with van der Waals surface area (Å²) in [6.07, 6.45) is 72.5. The zero-order chi connectivity index (χ0) is 78.5. The van der Waals surface area contributed by atoms with E-state index in [2.05, 4.69) is 41.5 Å². The first-order valence-electron chi connectivity index (χ1n) is 45.5. The van der Waals surface area contributed by atoms with E-state index in [0.29, 0.717) is 25.7 Å². The van der Waals surface area contributed by atoms with Crippen LogP contribution in [0.2, 0.25) is 0 Å². The fraction of sp³-hybridized carbons (Fsp3) is 0.955. The normalized spacial score (nSPS) is 13.8. The highest BCUT2D eigenvalue weighted by Crippen LogP contribution is 2.45. The Morgan fingerprint density at radius 2 is 0.430 bits per heavy atom. The monoisotopic (exact) mass is 1560 g/mol. The van der Waals surface area contributed by atoms with Gasteiger partial charge in [-0.05, 0) is 37.5 Å². The van der Waals surface area contributed by atoms with E-state index in [0.717, 1.165) is 102 Å². The summed E-state index contributed by atoms with van der Waals surface area (Å²) in [5.41, 5.74) is 0. The Bertz CT molecular complexity index is 2050. The van der Waals surface area contributed by atoms with Gasteiger partial charge in [0.15, 0.2) is 12.2 Å². The van der Waals surface area contributed by atoms with E-state index in [1.807, 2.05) is 0 Å². The number of phosphoric ester groups is 2. The van der Waals surface area contributed by atoms with Gasteiger partial charge in [-0.15, -0.1) is 0 Å². The molecule has 2 unspecified atom stereocenters. The van der Waals surface area contributed by atoms with E-state index >= 15 is 0 Å². The second-order valence-corrected chi connectivity index (χ2v) is 35.5. The molecule has 0 aliphatic rings. The van der Waals surface area contributed by atoms with Crippen LogP contribution in [0.15, 0.2) is 0 Å². The van der Waals surface area contributed by atoms with Crippen molar-refractivity contribution in [3.63, 3.8) is 0 Å². The molecule has 0 aliphatic carbocycles. The average molecular weight is 1560 g/mol. The van der Waals surface area contributed by atoms with Gasteiger partial charge in [-0.2, -0.15) is 0 Å². The molecule has 0 saturated carbocycles. The van der Waals surface area contributed by atoms with E-state index in [1.165, 1.54) is 289 Å². The molecule has 0 aromatic heterocycles. The topological polar surface area (TPSA) is 237 Å². The Morgan fingerprint density at radius 3 is 0.636 bits per heavy atom. The molecular weight excluding hydrogens is 1390 g/mol. The fourth-order valence-corrected chi connectivity index (χ4v) is 15.4. The third-order valence-electron chi connectivity index (χ3n) is 20.7.